The number of nitro benzene ring substituents is 1. The Morgan fingerprint density at radius 3 is 2.44 bits per heavy atom. The van der Waals surface area contributed by atoms with Gasteiger partial charge in [0.1, 0.15) is 5.75 Å². The number of ether oxygens (including phenoxy) is 1. The van der Waals surface area contributed by atoms with Gasteiger partial charge in [0.05, 0.1) is 41.6 Å². The van der Waals surface area contributed by atoms with Crippen LogP contribution in [0.1, 0.15) is 34.7 Å². The molecule has 2 aromatic carbocycles. The Morgan fingerprint density at radius 1 is 1.08 bits per heavy atom. The zero-order chi connectivity index (χ0) is 27.8. The van der Waals surface area contributed by atoms with Crippen LogP contribution in [0.5, 0.6) is 5.75 Å². The van der Waals surface area contributed by atoms with Crippen LogP contribution in [0.15, 0.2) is 72.9 Å². The van der Waals surface area contributed by atoms with Crippen molar-refractivity contribution < 1.29 is 9.66 Å². The van der Waals surface area contributed by atoms with E-state index in [0.717, 1.165) is 39.7 Å². The van der Waals surface area contributed by atoms with Crippen LogP contribution in [0.2, 0.25) is 0 Å². The quantitative estimate of drug-likeness (QED) is 0.182. The summed E-state index contributed by atoms with van der Waals surface area (Å²) in [6.45, 7) is 4.07. The fourth-order valence-electron chi connectivity index (χ4n) is 5.28. The van der Waals surface area contributed by atoms with Gasteiger partial charge in [-0.2, -0.15) is 0 Å². The van der Waals surface area contributed by atoms with E-state index >= 15 is 0 Å². The minimum atomic E-state index is -0.421. The van der Waals surface area contributed by atoms with Crippen molar-refractivity contribution in [3.8, 4) is 11.4 Å². The van der Waals surface area contributed by atoms with E-state index in [4.69, 9.17) is 17.0 Å². The Labute approximate surface area is 232 Å². The summed E-state index contributed by atoms with van der Waals surface area (Å²) in [6.07, 6.45) is 1.79. The van der Waals surface area contributed by atoms with Crippen LogP contribution in [-0.4, -0.2) is 40.8 Å². The summed E-state index contributed by atoms with van der Waals surface area (Å²) in [6, 6.07) is 20.6. The van der Waals surface area contributed by atoms with E-state index in [9.17, 15) is 10.1 Å². The number of nitrogens with one attached hydrogen (secondary N) is 1. The molecule has 0 radical (unpaired) electrons. The van der Waals surface area contributed by atoms with Crippen molar-refractivity contribution in [2.24, 2.45) is 0 Å². The van der Waals surface area contributed by atoms with E-state index < -0.39 is 4.92 Å². The van der Waals surface area contributed by atoms with Crippen LogP contribution < -0.4 is 19.9 Å². The minimum absolute atomic E-state index is 0.0220. The van der Waals surface area contributed by atoms with E-state index in [0.29, 0.717) is 10.9 Å². The fourth-order valence-corrected chi connectivity index (χ4v) is 5.63. The van der Waals surface area contributed by atoms with Crippen molar-refractivity contribution in [1.82, 2.24) is 14.9 Å². The molecule has 5 rings (SSSR count). The maximum absolute atomic E-state index is 11.4. The number of hydrogen-bond acceptors (Lipinski definition) is 6. The van der Waals surface area contributed by atoms with E-state index in [1.54, 1.807) is 12.3 Å². The van der Waals surface area contributed by atoms with Gasteiger partial charge in [-0.15, -0.1) is 0 Å². The first-order valence-corrected chi connectivity index (χ1v) is 12.9. The summed E-state index contributed by atoms with van der Waals surface area (Å²) in [5, 5.41) is 15.5. The molecule has 0 aliphatic carbocycles. The molecule has 1 saturated heterocycles. The molecule has 200 valence electrons. The van der Waals surface area contributed by atoms with Gasteiger partial charge in [0, 0.05) is 49.1 Å². The Kier molecular flexibility index (Phi) is 6.96. The number of nitrogens with zero attached hydrogens (tertiary/aromatic N) is 5. The number of benzene rings is 2. The summed E-state index contributed by atoms with van der Waals surface area (Å²) in [5.74, 6) is 0.426. The van der Waals surface area contributed by atoms with Crippen LogP contribution in [0.3, 0.4) is 0 Å². The molecule has 0 bridgehead atoms. The number of aryl methyl sites for hydroxylation is 1. The molecule has 1 N–H and O–H groups in total. The lowest BCUT2D eigenvalue weighted by Gasteiger charge is -2.28. The summed E-state index contributed by atoms with van der Waals surface area (Å²) in [5.41, 5.74) is 6.67. The monoisotopic (exact) mass is 542 g/mol. The Hall–Kier alpha value is -4.44. The molecule has 0 amide bonds. The van der Waals surface area contributed by atoms with Crippen LogP contribution in [0.4, 0.5) is 17.1 Å². The lowest BCUT2D eigenvalue weighted by Crippen LogP contribution is -2.29. The van der Waals surface area contributed by atoms with E-state index in [1.807, 2.05) is 46.1 Å². The SMILES string of the molecule is COc1cc([N+](=O)[O-])ccc1-n1c(C)cc([C@@H]2[C@@H](c3ccccn3)NC(=S)N2c2ccc(N(C)C)cc2)c1C. The van der Waals surface area contributed by atoms with Crippen LogP contribution in [0, 0.1) is 24.0 Å². The lowest BCUT2D eigenvalue weighted by molar-refractivity contribution is -0.384. The number of anilines is 2. The van der Waals surface area contributed by atoms with Gasteiger partial charge >= 0.3 is 0 Å². The second-order valence-corrected chi connectivity index (χ2v) is 10.1. The van der Waals surface area contributed by atoms with Gasteiger partial charge in [-0.25, -0.2) is 0 Å². The van der Waals surface area contributed by atoms with Gasteiger partial charge in [-0.3, -0.25) is 15.1 Å². The van der Waals surface area contributed by atoms with Crippen molar-refractivity contribution in [2.45, 2.75) is 25.9 Å². The van der Waals surface area contributed by atoms with Crippen molar-refractivity contribution in [1.29, 1.82) is 0 Å². The minimum Gasteiger partial charge on any atom is -0.494 e. The maximum atomic E-state index is 11.4. The number of rotatable bonds is 7. The summed E-state index contributed by atoms with van der Waals surface area (Å²) >= 11 is 5.90. The first kappa shape index (κ1) is 26.2. The van der Waals surface area contributed by atoms with Crippen molar-refractivity contribution in [3.63, 3.8) is 0 Å². The highest BCUT2D eigenvalue weighted by Crippen LogP contribution is 2.44. The van der Waals surface area contributed by atoms with Gasteiger partial charge < -0.3 is 24.4 Å². The van der Waals surface area contributed by atoms with Gasteiger partial charge in [0.25, 0.3) is 5.69 Å². The van der Waals surface area contributed by atoms with Crippen LogP contribution in [-0.2, 0) is 0 Å². The number of hydrogen-bond donors (Lipinski definition) is 1. The third-order valence-electron chi connectivity index (χ3n) is 7.15. The highest BCUT2D eigenvalue weighted by Gasteiger charge is 2.42. The lowest BCUT2D eigenvalue weighted by atomic mass is 9.96. The van der Waals surface area contributed by atoms with Gasteiger partial charge in [0.15, 0.2) is 5.11 Å². The topological polar surface area (TPSA) is 88.7 Å². The Morgan fingerprint density at radius 2 is 1.82 bits per heavy atom. The molecule has 0 saturated carbocycles. The smallest absolute Gasteiger partial charge is 0.273 e. The zero-order valence-electron chi connectivity index (χ0n) is 22.5. The molecule has 0 spiro atoms. The average molecular weight is 543 g/mol. The molecule has 4 aromatic rings. The van der Waals surface area contributed by atoms with E-state index in [2.05, 4.69) is 55.0 Å². The summed E-state index contributed by atoms with van der Waals surface area (Å²) in [4.78, 5) is 19.8. The molecule has 2 aromatic heterocycles. The van der Waals surface area contributed by atoms with Crippen molar-refractivity contribution in [3.05, 3.63) is 106 Å². The summed E-state index contributed by atoms with van der Waals surface area (Å²) < 4.78 is 7.65. The molecule has 39 heavy (non-hydrogen) atoms. The van der Waals surface area contributed by atoms with Gasteiger partial charge in [-0.1, -0.05) is 6.07 Å². The van der Waals surface area contributed by atoms with Crippen LogP contribution >= 0.6 is 12.2 Å². The molecule has 1 aliphatic heterocycles. The zero-order valence-corrected chi connectivity index (χ0v) is 23.3. The largest absolute Gasteiger partial charge is 0.494 e. The Balaban J connectivity index is 1.66. The standard InChI is InChI=1S/C29H30N6O3S/c1-18-16-23(19(2)33(18)25-14-13-22(35(36)37)17-26(25)38-5)28-27(24-8-6-7-15-30-24)31-29(39)34(28)21-11-9-20(10-12-21)32(3)4/h6-17,27-28H,1-5H3,(H,31,39)/t27-,28-/m1/s1. The molecule has 9 nitrogen and oxygen atoms in total. The molecule has 1 aliphatic rings. The molecule has 3 heterocycles. The van der Waals surface area contributed by atoms with E-state index in [1.165, 1.54) is 19.2 Å². The number of non-ortho nitro benzene ring substituents is 1. The second kappa shape index (κ2) is 10.4. The highest BCUT2D eigenvalue weighted by atomic mass is 32.1. The van der Waals surface area contributed by atoms with Crippen molar-refractivity contribution in [2.75, 3.05) is 31.0 Å². The molecular formula is C29H30N6O3S. The second-order valence-electron chi connectivity index (χ2n) is 9.68. The molecule has 2 atom stereocenters. The number of pyridine rings is 1. The average Bonchev–Trinajstić information content (AvgIpc) is 3.43. The van der Waals surface area contributed by atoms with E-state index in [-0.39, 0.29) is 17.8 Å². The third kappa shape index (κ3) is 4.67. The highest BCUT2D eigenvalue weighted by molar-refractivity contribution is 7.80. The third-order valence-corrected chi connectivity index (χ3v) is 7.46. The fraction of sp³-hybridized carbons (Fsp3) is 0.241. The predicted octanol–water partition coefficient (Wildman–Crippen LogP) is 5.65. The number of aromatic nitrogens is 2. The maximum Gasteiger partial charge on any atom is 0.273 e. The van der Waals surface area contributed by atoms with Gasteiger partial charge in [-0.05, 0) is 80.2 Å². The molecule has 1 fully saturated rings. The predicted molar refractivity (Wildman–Crippen MR) is 157 cm³/mol. The van der Waals surface area contributed by atoms with Crippen molar-refractivity contribution >= 4 is 34.4 Å². The summed E-state index contributed by atoms with van der Waals surface area (Å²) in [7, 11) is 5.55. The van der Waals surface area contributed by atoms with Crippen LogP contribution in [0.25, 0.3) is 5.69 Å². The number of methoxy groups -OCH3 is 1. The molecule has 0 unspecified atom stereocenters. The van der Waals surface area contributed by atoms with Gasteiger partial charge in [0.2, 0.25) is 0 Å². The first-order valence-electron chi connectivity index (χ1n) is 12.5. The normalized spacial score (nSPS) is 16.7. The first-order chi connectivity index (χ1) is 18.7. The number of thiocarbonyl (C=S) groups is 1. The Bertz CT molecular complexity index is 1530. The molecular weight excluding hydrogens is 512 g/mol. The molecule has 10 heteroatoms. The number of nitro groups is 1.